The second kappa shape index (κ2) is 7.89. The molecule has 4 heterocycles. The summed E-state index contributed by atoms with van der Waals surface area (Å²) < 4.78 is 0. The Morgan fingerprint density at radius 1 is 1.10 bits per heavy atom. The van der Waals surface area contributed by atoms with Crippen molar-refractivity contribution < 1.29 is 9.59 Å². The van der Waals surface area contributed by atoms with Crippen LogP contribution in [0.3, 0.4) is 0 Å². The van der Waals surface area contributed by atoms with Crippen LogP contribution in [-0.2, 0) is 11.3 Å². The van der Waals surface area contributed by atoms with Crippen LogP contribution in [0, 0.1) is 19.3 Å². The molecule has 1 spiro atoms. The Labute approximate surface area is 171 Å². The molecular weight excluding hydrogens is 366 g/mol. The summed E-state index contributed by atoms with van der Waals surface area (Å²) in [6, 6.07) is 1.87. The van der Waals surface area contributed by atoms with Gasteiger partial charge in [-0.15, -0.1) is 0 Å². The van der Waals surface area contributed by atoms with Crippen molar-refractivity contribution >= 4 is 11.8 Å². The Balaban J connectivity index is 1.41. The molecule has 0 atom stereocenters. The van der Waals surface area contributed by atoms with Gasteiger partial charge >= 0.3 is 0 Å². The smallest absolute Gasteiger partial charge is 0.255 e. The minimum atomic E-state index is 0.0594. The first-order valence-corrected chi connectivity index (χ1v) is 10.2. The SMILES string of the molecule is Cc1cnc(CN2CC3(CCC2=O)CCN(C(=O)c2cnccc2C)CC3)cn1. The molecule has 2 fully saturated rings. The molecule has 0 saturated carbocycles. The average Bonchev–Trinajstić information content (AvgIpc) is 2.73. The van der Waals surface area contributed by atoms with Crippen LogP contribution in [-0.4, -0.2) is 56.2 Å². The molecule has 2 aliphatic heterocycles. The minimum Gasteiger partial charge on any atom is -0.339 e. The molecule has 2 aromatic rings. The lowest BCUT2D eigenvalue weighted by Crippen LogP contribution is -2.52. The highest BCUT2D eigenvalue weighted by Gasteiger charge is 2.42. The van der Waals surface area contributed by atoms with Gasteiger partial charge in [0.2, 0.25) is 5.91 Å². The van der Waals surface area contributed by atoms with Crippen molar-refractivity contribution in [3.63, 3.8) is 0 Å². The van der Waals surface area contributed by atoms with Gasteiger partial charge in [-0.3, -0.25) is 24.5 Å². The standard InChI is InChI=1S/C22H27N5O2/c1-16-4-8-23-13-19(16)21(29)26-9-6-22(7-10-26)5-3-20(28)27(15-22)14-18-12-24-17(2)11-25-18/h4,8,11-13H,3,5-7,9-10,14-15H2,1-2H3. The van der Waals surface area contributed by atoms with E-state index in [4.69, 9.17) is 0 Å². The third-order valence-electron chi connectivity index (χ3n) is 6.32. The van der Waals surface area contributed by atoms with Crippen LogP contribution in [0.15, 0.2) is 30.9 Å². The molecular formula is C22H27N5O2. The van der Waals surface area contributed by atoms with Gasteiger partial charge in [-0.25, -0.2) is 0 Å². The molecule has 0 bridgehead atoms. The van der Waals surface area contributed by atoms with E-state index in [1.807, 2.05) is 29.7 Å². The maximum atomic E-state index is 12.9. The Hall–Kier alpha value is -2.83. The number of piperidine rings is 2. The summed E-state index contributed by atoms with van der Waals surface area (Å²) >= 11 is 0. The fraction of sp³-hybridized carbons (Fsp3) is 0.500. The second-order valence-electron chi connectivity index (χ2n) is 8.38. The highest BCUT2D eigenvalue weighted by molar-refractivity contribution is 5.95. The summed E-state index contributed by atoms with van der Waals surface area (Å²) in [5.74, 6) is 0.242. The second-order valence-corrected chi connectivity index (χ2v) is 8.38. The fourth-order valence-electron chi connectivity index (χ4n) is 4.39. The lowest BCUT2D eigenvalue weighted by atomic mass is 9.72. The number of rotatable bonds is 3. The van der Waals surface area contributed by atoms with Gasteiger partial charge < -0.3 is 9.80 Å². The Kier molecular flexibility index (Phi) is 5.30. The maximum Gasteiger partial charge on any atom is 0.255 e. The van der Waals surface area contributed by atoms with E-state index >= 15 is 0 Å². The first-order valence-electron chi connectivity index (χ1n) is 10.2. The van der Waals surface area contributed by atoms with Gasteiger partial charge in [-0.05, 0) is 50.2 Å². The lowest BCUT2D eigenvalue weighted by molar-refractivity contribution is -0.139. The number of hydrogen-bond acceptors (Lipinski definition) is 5. The molecule has 2 aromatic heterocycles. The van der Waals surface area contributed by atoms with E-state index in [-0.39, 0.29) is 17.2 Å². The summed E-state index contributed by atoms with van der Waals surface area (Å²) in [5.41, 5.74) is 3.42. The third-order valence-corrected chi connectivity index (χ3v) is 6.32. The van der Waals surface area contributed by atoms with Crippen molar-refractivity contribution in [2.45, 2.75) is 46.1 Å². The molecule has 2 amide bonds. The summed E-state index contributed by atoms with van der Waals surface area (Å²) in [5, 5.41) is 0. The quantitative estimate of drug-likeness (QED) is 0.801. The van der Waals surface area contributed by atoms with Crippen LogP contribution in [0.4, 0.5) is 0 Å². The number of carbonyl (C=O) groups excluding carboxylic acids is 2. The summed E-state index contributed by atoms with van der Waals surface area (Å²) in [6.45, 7) is 6.53. The molecule has 152 valence electrons. The zero-order chi connectivity index (χ0) is 20.4. The zero-order valence-electron chi connectivity index (χ0n) is 17.1. The number of hydrogen-bond donors (Lipinski definition) is 0. The number of aromatic nitrogens is 3. The predicted molar refractivity (Wildman–Crippen MR) is 108 cm³/mol. The molecule has 4 rings (SSSR count). The van der Waals surface area contributed by atoms with E-state index in [0.29, 0.717) is 18.5 Å². The fourth-order valence-corrected chi connectivity index (χ4v) is 4.39. The van der Waals surface area contributed by atoms with Crippen LogP contribution >= 0.6 is 0 Å². The van der Waals surface area contributed by atoms with Gasteiger partial charge in [-0.1, -0.05) is 0 Å². The summed E-state index contributed by atoms with van der Waals surface area (Å²) in [7, 11) is 0. The van der Waals surface area contributed by atoms with E-state index < -0.39 is 0 Å². The van der Waals surface area contributed by atoms with E-state index in [2.05, 4.69) is 15.0 Å². The number of likely N-dealkylation sites (tertiary alicyclic amines) is 2. The van der Waals surface area contributed by atoms with Gasteiger partial charge in [0.05, 0.1) is 29.7 Å². The van der Waals surface area contributed by atoms with Gasteiger partial charge in [0.25, 0.3) is 5.91 Å². The van der Waals surface area contributed by atoms with Gasteiger partial charge in [0, 0.05) is 44.6 Å². The predicted octanol–water partition coefficient (Wildman–Crippen LogP) is 2.53. The Bertz CT molecular complexity index is 904. The number of pyridine rings is 1. The first kappa shape index (κ1) is 19.5. The van der Waals surface area contributed by atoms with Crippen LogP contribution < -0.4 is 0 Å². The molecule has 2 aliphatic rings. The Morgan fingerprint density at radius 3 is 2.59 bits per heavy atom. The van der Waals surface area contributed by atoms with E-state index in [0.717, 1.165) is 55.8 Å². The van der Waals surface area contributed by atoms with Crippen LogP contribution in [0.5, 0.6) is 0 Å². The van der Waals surface area contributed by atoms with E-state index in [9.17, 15) is 9.59 Å². The van der Waals surface area contributed by atoms with Gasteiger partial charge in [0.15, 0.2) is 0 Å². The van der Waals surface area contributed by atoms with Crippen molar-refractivity contribution in [1.82, 2.24) is 24.8 Å². The molecule has 29 heavy (non-hydrogen) atoms. The molecule has 0 aromatic carbocycles. The van der Waals surface area contributed by atoms with Gasteiger partial charge in [-0.2, -0.15) is 0 Å². The number of nitrogens with zero attached hydrogens (tertiary/aromatic N) is 5. The van der Waals surface area contributed by atoms with Crippen molar-refractivity contribution in [3.05, 3.63) is 53.4 Å². The molecule has 7 heteroatoms. The molecule has 0 N–H and O–H groups in total. The zero-order valence-corrected chi connectivity index (χ0v) is 17.1. The monoisotopic (exact) mass is 393 g/mol. The average molecular weight is 393 g/mol. The number of carbonyl (C=O) groups is 2. The highest BCUT2D eigenvalue weighted by atomic mass is 16.2. The number of aryl methyl sites for hydroxylation is 2. The molecule has 0 aliphatic carbocycles. The normalized spacial score (nSPS) is 18.9. The van der Waals surface area contributed by atoms with E-state index in [1.165, 1.54) is 0 Å². The first-order chi connectivity index (χ1) is 14.0. The summed E-state index contributed by atoms with van der Waals surface area (Å²) in [6.07, 6.45) is 10.2. The minimum absolute atomic E-state index is 0.0594. The van der Waals surface area contributed by atoms with Crippen LogP contribution in [0.1, 0.15) is 53.0 Å². The maximum absolute atomic E-state index is 12.9. The molecule has 0 radical (unpaired) electrons. The van der Waals surface area contributed by atoms with Crippen molar-refractivity contribution in [2.75, 3.05) is 19.6 Å². The van der Waals surface area contributed by atoms with Gasteiger partial charge in [0.1, 0.15) is 0 Å². The van der Waals surface area contributed by atoms with Crippen molar-refractivity contribution in [2.24, 2.45) is 5.41 Å². The van der Waals surface area contributed by atoms with Crippen LogP contribution in [0.25, 0.3) is 0 Å². The largest absolute Gasteiger partial charge is 0.339 e. The van der Waals surface area contributed by atoms with Crippen LogP contribution in [0.2, 0.25) is 0 Å². The molecule has 2 saturated heterocycles. The van der Waals surface area contributed by atoms with Crippen molar-refractivity contribution in [1.29, 1.82) is 0 Å². The molecule has 0 unspecified atom stereocenters. The van der Waals surface area contributed by atoms with E-state index in [1.54, 1.807) is 24.8 Å². The third kappa shape index (κ3) is 4.13. The topological polar surface area (TPSA) is 79.3 Å². The summed E-state index contributed by atoms with van der Waals surface area (Å²) in [4.78, 5) is 42.0. The lowest BCUT2D eigenvalue weighted by Gasteiger charge is -2.47. The number of amides is 2. The Morgan fingerprint density at radius 2 is 1.90 bits per heavy atom. The molecule has 7 nitrogen and oxygen atoms in total. The highest BCUT2D eigenvalue weighted by Crippen LogP contribution is 2.40. The van der Waals surface area contributed by atoms with Crippen molar-refractivity contribution in [3.8, 4) is 0 Å².